The molecule has 43 heavy (non-hydrogen) atoms. The predicted molar refractivity (Wildman–Crippen MR) is 192 cm³/mol. The lowest BCUT2D eigenvalue weighted by atomic mass is 9.98. The van der Waals surface area contributed by atoms with Crippen LogP contribution in [0.4, 0.5) is 0 Å². The molecule has 1 rings (SSSR count). The van der Waals surface area contributed by atoms with Crippen LogP contribution in [-0.2, 0) is 9.47 Å². The van der Waals surface area contributed by atoms with Gasteiger partial charge in [-0.15, -0.1) is 11.6 Å². The summed E-state index contributed by atoms with van der Waals surface area (Å²) in [7, 11) is 0. The Morgan fingerprint density at radius 3 is 1.33 bits per heavy atom. The van der Waals surface area contributed by atoms with Gasteiger partial charge in [0.15, 0.2) is 5.79 Å². The van der Waals surface area contributed by atoms with Crippen LogP contribution in [0.5, 0.6) is 0 Å². The highest BCUT2D eigenvalue weighted by atomic mass is 35.5. The summed E-state index contributed by atoms with van der Waals surface area (Å²) in [5, 5.41) is 0. The third kappa shape index (κ3) is 25.3. The number of unbranched alkanes of at least 4 members (excludes halogenated alkanes) is 21. The third-order valence-electron chi connectivity index (χ3n) is 8.91. The Kier molecular flexibility index (Phi) is 29.6. The summed E-state index contributed by atoms with van der Waals surface area (Å²) in [6.07, 6.45) is 50.5. The molecule has 1 unspecified atom stereocenters. The summed E-state index contributed by atoms with van der Waals surface area (Å²) in [6.45, 7) is 5.22. The van der Waals surface area contributed by atoms with Crippen LogP contribution < -0.4 is 0 Å². The van der Waals surface area contributed by atoms with Gasteiger partial charge in [-0.05, 0) is 70.6 Å². The first-order chi connectivity index (χ1) is 21.3. The van der Waals surface area contributed by atoms with Crippen LogP contribution in [0, 0.1) is 0 Å². The predicted octanol–water partition coefficient (Wildman–Crippen LogP) is 14.0. The fourth-order valence-electron chi connectivity index (χ4n) is 6.10. The van der Waals surface area contributed by atoms with E-state index in [1.54, 1.807) is 0 Å². The highest BCUT2D eigenvalue weighted by Crippen LogP contribution is 2.35. The van der Waals surface area contributed by atoms with Crippen molar-refractivity contribution in [1.82, 2.24) is 0 Å². The van der Waals surface area contributed by atoms with E-state index < -0.39 is 0 Å². The molecule has 1 heterocycles. The second-order valence-electron chi connectivity index (χ2n) is 13.1. The van der Waals surface area contributed by atoms with Crippen molar-refractivity contribution in [3.8, 4) is 0 Å². The number of hydrogen-bond acceptors (Lipinski definition) is 2. The first-order valence-corrected chi connectivity index (χ1v) is 19.6. The van der Waals surface area contributed by atoms with Crippen molar-refractivity contribution in [3.05, 3.63) is 36.5 Å². The molecule has 1 aliphatic heterocycles. The minimum atomic E-state index is -0.365. The van der Waals surface area contributed by atoms with Crippen LogP contribution in [0.1, 0.15) is 194 Å². The molecule has 0 aliphatic carbocycles. The number of alkyl halides is 1. The number of rotatable bonds is 32. The smallest absolute Gasteiger partial charge is 0.168 e. The molecular formula is C40H73ClO2. The van der Waals surface area contributed by atoms with Crippen molar-refractivity contribution in [3.63, 3.8) is 0 Å². The maximum atomic E-state index is 6.37. The van der Waals surface area contributed by atoms with Gasteiger partial charge in [0.2, 0.25) is 0 Å². The molecule has 2 nitrogen and oxygen atoms in total. The molecule has 0 N–H and O–H groups in total. The molecule has 2 atom stereocenters. The maximum absolute atomic E-state index is 6.37. The van der Waals surface area contributed by atoms with Gasteiger partial charge in [0.1, 0.15) is 0 Å². The van der Waals surface area contributed by atoms with Crippen molar-refractivity contribution in [2.75, 3.05) is 12.5 Å². The summed E-state index contributed by atoms with van der Waals surface area (Å²) in [5.74, 6) is 0.175. The average molecular weight is 621 g/mol. The van der Waals surface area contributed by atoms with Gasteiger partial charge in [-0.1, -0.05) is 147 Å². The standard InChI is InChI=1S/C40H73ClO2/c1-3-5-7-9-11-13-15-17-19-21-23-25-27-29-31-33-35-40(42-38-39(37-41)43-40)36-34-32-30-28-26-24-22-20-18-16-14-12-10-8-6-4-2/h11,13,17-20,39H,3-10,12,14-16,21-38H2,1-2H3/b13-11-,19-17-,20-18-/t39-,40?/m1/s1. The van der Waals surface area contributed by atoms with E-state index >= 15 is 0 Å². The van der Waals surface area contributed by atoms with Crippen LogP contribution in [0.15, 0.2) is 36.5 Å². The third-order valence-corrected chi connectivity index (χ3v) is 9.26. The van der Waals surface area contributed by atoms with Crippen LogP contribution in [0.3, 0.4) is 0 Å². The molecule has 0 saturated carbocycles. The second-order valence-corrected chi connectivity index (χ2v) is 13.4. The zero-order valence-electron chi connectivity index (χ0n) is 28.9. The molecular weight excluding hydrogens is 548 g/mol. The van der Waals surface area contributed by atoms with Gasteiger partial charge in [-0.2, -0.15) is 0 Å². The maximum Gasteiger partial charge on any atom is 0.168 e. The Morgan fingerprint density at radius 1 is 0.512 bits per heavy atom. The average Bonchev–Trinajstić information content (AvgIpc) is 3.44. The topological polar surface area (TPSA) is 18.5 Å². The Morgan fingerprint density at radius 2 is 0.884 bits per heavy atom. The van der Waals surface area contributed by atoms with E-state index in [2.05, 4.69) is 50.3 Å². The first kappa shape index (κ1) is 40.5. The molecule has 1 fully saturated rings. The lowest BCUT2D eigenvalue weighted by Gasteiger charge is -2.28. The van der Waals surface area contributed by atoms with Crippen LogP contribution in [0.2, 0.25) is 0 Å². The first-order valence-electron chi connectivity index (χ1n) is 19.1. The highest BCUT2D eigenvalue weighted by molar-refractivity contribution is 6.18. The fraction of sp³-hybridized carbons (Fsp3) is 0.850. The van der Waals surface area contributed by atoms with Crippen molar-refractivity contribution in [2.45, 2.75) is 206 Å². The summed E-state index contributed by atoms with van der Waals surface area (Å²) in [4.78, 5) is 0. The molecule has 0 aromatic heterocycles. The van der Waals surface area contributed by atoms with E-state index in [0.29, 0.717) is 12.5 Å². The van der Waals surface area contributed by atoms with E-state index in [1.807, 2.05) is 0 Å². The summed E-state index contributed by atoms with van der Waals surface area (Å²) >= 11 is 6.12. The Hall–Kier alpha value is -0.570. The normalized spacial score (nSPS) is 19.2. The summed E-state index contributed by atoms with van der Waals surface area (Å²) in [6, 6.07) is 0. The van der Waals surface area contributed by atoms with Gasteiger partial charge in [0.25, 0.3) is 0 Å². The molecule has 0 radical (unpaired) electrons. The van der Waals surface area contributed by atoms with Crippen LogP contribution in [0.25, 0.3) is 0 Å². The van der Waals surface area contributed by atoms with E-state index in [9.17, 15) is 0 Å². The summed E-state index contributed by atoms with van der Waals surface area (Å²) < 4.78 is 12.6. The van der Waals surface area contributed by atoms with Crippen molar-refractivity contribution in [1.29, 1.82) is 0 Å². The largest absolute Gasteiger partial charge is 0.347 e. The molecule has 0 aromatic carbocycles. The molecule has 0 amide bonds. The molecule has 3 heteroatoms. The van der Waals surface area contributed by atoms with Gasteiger partial charge in [-0.3, -0.25) is 0 Å². The van der Waals surface area contributed by atoms with Crippen LogP contribution >= 0.6 is 11.6 Å². The number of hydrogen-bond donors (Lipinski definition) is 0. The van der Waals surface area contributed by atoms with Gasteiger partial charge >= 0.3 is 0 Å². The molecule has 0 aromatic rings. The molecule has 0 bridgehead atoms. The van der Waals surface area contributed by atoms with E-state index in [1.165, 1.54) is 161 Å². The zero-order chi connectivity index (χ0) is 30.9. The minimum Gasteiger partial charge on any atom is -0.347 e. The van der Waals surface area contributed by atoms with E-state index in [-0.39, 0.29) is 11.9 Å². The van der Waals surface area contributed by atoms with Gasteiger partial charge in [-0.25, -0.2) is 0 Å². The lowest BCUT2D eigenvalue weighted by molar-refractivity contribution is -0.177. The molecule has 1 aliphatic rings. The second kappa shape index (κ2) is 31.4. The number of allylic oxidation sites excluding steroid dienone is 6. The Balaban J connectivity index is 2.02. The van der Waals surface area contributed by atoms with E-state index in [4.69, 9.17) is 21.1 Å². The van der Waals surface area contributed by atoms with Gasteiger partial charge in [0.05, 0.1) is 18.6 Å². The molecule has 1 saturated heterocycles. The number of ether oxygens (including phenoxy) is 2. The fourth-order valence-corrected chi connectivity index (χ4v) is 6.26. The lowest BCUT2D eigenvalue weighted by Crippen LogP contribution is -2.31. The highest BCUT2D eigenvalue weighted by Gasteiger charge is 2.40. The number of halogens is 1. The van der Waals surface area contributed by atoms with Crippen LogP contribution in [-0.4, -0.2) is 24.4 Å². The molecule has 252 valence electrons. The van der Waals surface area contributed by atoms with Crippen molar-refractivity contribution < 1.29 is 9.47 Å². The van der Waals surface area contributed by atoms with Gasteiger partial charge < -0.3 is 9.47 Å². The van der Waals surface area contributed by atoms with Gasteiger partial charge in [0, 0.05) is 12.8 Å². The monoisotopic (exact) mass is 621 g/mol. The Bertz CT molecular complexity index is 657. The SMILES string of the molecule is CCCCC/C=C\C/C=C\CCCCCCCCC1(CCCCCCCC/C=C\CCCCCCCC)OC[C@@H](CCl)O1. The van der Waals surface area contributed by atoms with E-state index in [0.717, 1.165) is 19.3 Å². The quantitative estimate of drug-likeness (QED) is 0.0423. The minimum absolute atomic E-state index is 0.0698. The van der Waals surface area contributed by atoms with Crippen molar-refractivity contribution in [2.24, 2.45) is 0 Å². The molecule has 0 spiro atoms. The van der Waals surface area contributed by atoms with Crippen molar-refractivity contribution >= 4 is 11.6 Å². The summed E-state index contributed by atoms with van der Waals surface area (Å²) in [5.41, 5.74) is 0. The zero-order valence-corrected chi connectivity index (χ0v) is 29.7. The Labute approximate surface area is 274 Å².